The fourth-order valence-electron chi connectivity index (χ4n) is 5.54. The number of amides is 3. The monoisotopic (exact) mass is 614 g/mol. The van der Waals surface area contributed by atoms with Crippen LogP contribution in [0.5, 0.6) is 0 Å². The molecule has 2 aromatic heterocycles. The van der Waals surface area contributed by atoms with Crippen molar-refractivity contribution < 1.29 is 23.9 Å². The summed E-state index contributed by atoms with van der Waals surface area (Å²) in [7, 11) is 0. The van der Waals surface area contributed by atoms with Crippen LogP contribution in [-0.4, -0.2) is 97.9 Å². The van der Waals surface area contributed by atoms with E-state index in [0.29, 0.717) is 44.1 Å². The Labute approximate surface area is 260 Å². The van der Waals surface area contributed by atoms with Crippen LogP contribution in [0.4, 0.5) is 15.4 Å². The Kier molecular flexibility index (Phi) is 10.3. The summed E-state index contributed by atoms with van der Waals surface area (Å²) in [4.78, 5) is 42.0. The summed E-state index contributed by atoms with van der Waals surface area (Å²) in [6.07, 6.45) is 3.12. The van der Waals surface area contributed by atoms with Gasteiger partial charge in [0, 0.05) is 56.9 Å². The number of hydrogen-bond donors (Lipinski definition) is 2. The minimum Gasteiger partial charge on any atom is -0.446 e. The maximum absolute atomic E-state index is 13.5. The predicted octanol–water partition coefficient (Wildman–Crippen LogP) is 4.41. The third-order valence-corrected chi connectivity index (χ3v) is 7.69. The highest BCUT2D eigenvalue weighted by Crippen LogP contribution is 2.37. The minimum atomic E-state index is -0.515. The molecule has 1 saturated carbocycles. The third-order valence-electron chi connectivity index (χ3n) is 7.69. The van der Waals surface area contributed by atoms with E-state index in [2.05, 4.69) is 20.6 Å². The fourth-order valence-corrected chi connectivity index (χ4v) is 5.54. The zero-order chi connectivity index (χ0) is 32.2. The van der Waals surface area contributed by atoms with Crippen molar-refractivity contribution in [1.29, 1.82) is 0 Å². The molecule has 2 atom stereocenters. The van der Waals surface area contributed by atoms with Gasteiger partial charge in [-0.05, 0) is 80.7 Å². The summed E-state index contributed by atoms with van der Waals surface area (Å²) < 4.78 is 14.7. The smallest absolute Gasteiger partial charge is 0.410 e. The number of hydrogen-bond acceptors (Lipinski definition) is 8. The van der Waals surface area contributed by atoms with Crippen LogP contribution in [0.25, 0.3) is 0 Å². The first-order valence-electron chi connectivity index (χ1n) is 15.7. The van der Waals surface area contributed by atoms with E-state index in [9.17, 15) is 14.4 Å². The van der Waals surface area contributed by atoms with E-state index in [-0.39, 0.29) is 35.6 Å². The summed E-state index contributed by atoms with van der Waals surface area (Å²) >= 11 is 0. The van der Waals surface area contributed by atoms with Crippen molar-refractivity contribution in [3.63, 3.8) is 0 Å². The summed E-state index contributed by atoms with van der Waals surface area (Å²) in [5, 5.41) is 15.2. The maximum Gasteiger partial charge on any atom is 0.410 e. The van der Waals surface area contributed by atoms with Crippen LogP contribution in [0.1, 0.15) is 96.8 Å². The van der Waals surface area contributed by atoms with Crippen LogP contribution in [0.15, 0.2) is 18.3 Å². The number of rotatable bonds is 8. The fraction of sp³-hybridized carbons (Fsp3) is 0.710. The molecule has 44 heavy (non-hydrogen) atoms. The van der Waals surface area contributed by atoms with Gasteiger partial charge in [0.25, 0.3) is 5.91 Å². The normalized spacial score (nSPS) is 19.7. The number of nitrogens with zero attached hydrogens (tertiary/aromatic N) is 6. The highest BCUT2D eigenvalue weighted by atomic mass is 16.6. The molecule has 13 heteroatoms. The summed E-state index contributed by atoms with van der Waals surface area (Å²) in [5.74, 6) is 0.491. The number of carbonyl (C=O) groups is 3. The Hall–Kier alpha value is -3.61. The molecule has 0 bridgehead atoms. The highest BCUT2D eigenvalue weighted by molar-refractivity contribution is 6.02. The van der Waals surface area contributed by atoms with E-state index in [0.717, 1.165) is 31.6 Å². The van der Waals surface area contributed by atoms with Crippen LogP contribution in [0, 0.1) is 0 Å². The van der Waals surface area contributed by atoms with E-state index in [1.807, 2.05) is 66.1 Å². The second-order valence-electron chi connectivity index (χ2n) is 14.1. The number of alkyl carbamates (subject to hydrolysis) is 1. The van der Waals surface area contributed by atoms with E-state index >= 15 is 0 Å². The lowest BCUT2D eigenvalue weighted by Crippen LogP contribution is -2.50. The van der Waals surface area contributed by atoms with Crippen molar-refractivity contribution in [2.75, 3.05) is 38.0 Å². The molecule has 3 heterocycles. The SMILES string of the molecule is CC(C)NC(=O)O[C@@H]1CC[C@H](c2cc(NC(=O)c3ccnn3CCN3CCN(C(=O)OC(C)(C)C)CC3)n(C(C)(C)C)n2)C1. The quantitative estimate of drug-likeness (QED) is 0.446. The van der Waals surface area contributed by atoms with Crippen molar-refractivity contribution in [1.82, 2.24) is 34.7 Å². The molecular weight excluding hydrogens is 564 g/mol. The topological polar surface area (TPSA) is 136 Å². The first-order valence-corrected chi connectivity index (χ1v) is 15.7. The van der Waals surface area contributed by atoms with Gasteiger partial charge in [-0.1, -0.05) is 0 Å². The highest BCUT2D eigenvalue weighted by Gasteiger charge is 2.33. The Morgan fingerprint density at radius 1 is 1.02 bits per heavy atom. The van der Waals surface area contributed by atoms with Crippen molar-refractivity contribution in [3.05, 3.63) is 29.7 Å². The first kappa shape index (κ1) is 33.3. The molecule has 2 N–H and O–H groups in total. The van der Waals surface area contributed by atoms with Gasteiger partial charge < -0.3 is 25.0 Å². The zero-order valence-corrected chi connectivity index (χ0v) is 27.6. The van der Waals surface area contributed by atoms with Crippen LogP contribution in [0.3, 0.4) is 0 Å². The Morgan fingerprint density at radius 2 is 1.73 bits per heavy atom. The van der Waals surface area contributed by atoms with Crippen molar-refractivity contribution in [3.8, 4) is 0 Å². The van der Waals surface area contributed by atoms with E-state index < -0.39 is 11.7 Å². The van der Waals surface area contributed by atoms with Crippen LogP contribution in [-0.2, 0) is 21.6 Å². The summed E-state index contributed by atoms with van der Waals surface area (Å²) in [6.45, 7) is 19.4. The van der Waals surface area contributed by atoms with Crippen molar-refractivity contribution in [2.45, 2.75) is 110 Å². The second-order valence-corrected chi connectivity index (χ2v) is 14.1. The summed E-state index contributed by atoms with van der Waals surface area (Å²) in [5.41, 5.74) is 0.461. The Bertz CT molecular complexity index is 1300. The van der Waals surface area contributed by atoms with Crippen molar-refractivity contribution in [2.24, 2.45) is 0 Å². The van der Waals surface area contributed by atoms with Crippen LogP contribution >= 0.6 is 0 Å². The van der Waals surface area contributed by atoms with E-state index in [1.54, 1.807) is 21.8 Å². The van der Waals surface area contributed by atoms with Gasteiger partial charge in [0.1, 0.15) is 23.2 Å². The molecule has 0 aromatic carbocycles. The molecular formula is C31H50N8O5. The standard InChI is InChI=1S/C31H50N8O5/c1-21(2)33-28(41)43-23-10-9-22(19-23)24-20-26(39(35-24)30(3,4)5)34-27(40)25-11-12-32-38(25)18-15-36-13-16-37(17-14-36)29(42)44-31(6,7)8/h11-12,20-23H,9-10,13-19H2,1-8H3,(H,33,41)(H,34,40)/t22-,23+/m0/s1. The van der Waals surface area contributed by atoms with Crippen molar-refractivity contribution >= 4 is 23.9 Å². The van der Waals surface area contributed by atoms with Crippen LogP contribution < -0.4 is 10.6 Å². The lowest BCUT2D eigenvalue weighted by Gasteiger charge is -2.35. The van der Waals surface area contributed by atoms with Gasteiger partial charge in [0.15, 0.2) is 0 Å². The lowest BCUT2D eigenvalue weighted by atomic mass is 10.0. The van der Waals surface area contributed by atoms with Gasteiger partial charge in [-0.2, -0.15) is 10.2 Å². The number of nitrogens with one attached hydrogen (secondary N) is 2. The molecule has 0 spiro atoms. The molecule has 3 amide bonds. The molecule has 1 saturated heterocycles. The number of anilines is 1. The average molecular weight is 615 g/mol. The molecule has 2 aromatic rings. The van der Waals surface area contributed by atoms with Gasteiger partial charge in [-0.25, -0.2) is 14.3 Å². The molecule has 4 rings (SSSR count). The van der Waals surface area contributed by atoms with E-state index in [4.69, 9.17) is 14.6 Å². The molecule has 244 valence electrons. The number of aromatic nitrogens is 4. The number of carbonyl (C=O) groups excluding carboxylic acids is 3. The van der Waals surface area contributed by atoms with E-state index in [1.165, 1.54) is 0 Å². The average Bonchev–Trinajstić information content (AvgIpc) is 3.66. The van der Waals surface area contributed by atoms with Gasteiger partial charge in [-0.3, -0.25) is 14.4 Å². The number of piperazine rings is 1. The minimum absolute atomic E-state index is 0.0196. The number of ether oxygens (including phenoxy) is 2. The second kappa shape index (κ2) is 13.6. The molecule has 0 radical (unpaired) electrons. The predicted molar refractivity (Wildman–Crippen MR) is 167 cm³/mol. The van der Waals surface area contributed by atoms with Gasteiger partial charge in [0.05, 0.1) is 17.8 Å². The molecule has 1 aliphatic heterocycles. The molecule has 0 unspecified atom stereocenters. The molecule has 2 fully saturated rings. The first-order chi connectivity index (χ1) is 20.6. The van der Waals surface area contributed by atoms with Gasteiger partial charge in [-0.15, -0.1) is 0 Å². The van der Waals surface area contributed by atoms with Gasteiger partial charge >= 0.3 is 12.2 Å². The Balaban J connectivity index is 1.35. The van der Waals surface area contributed by atoms with Crippen LogP contribution in [0.2, 0.25) is 0 Å². The Morgan fingerprint density at radius 3 is 2.36 bits per heavy atom. The summed E-state index contributed by atoms with van der Waals surface area (Å²) in [6, 6.07) is 3.68. The molecule has 1 aliphatic carbocycles. The zero-order valence-electron chi connectivity index (χ0n) is 27.6. The molecule has 13 nitrogen and oxygen atoms in total. The largest absolute Gasteiger partial charge is 0.446 e. The maximum atomic E-state index is 13.5. The van der Waals surface area contributed by atoms with Gasteiger partial charge in [0.2, 0.25) is 0 Å². The lowest BCUT2D eigenvalue weighted by molar-refractivity contribution is 0.0141. The third kappa shape index (κ3) is 8.96. The molecule has 2 aliphatic rings.